The second-order valence-electron chi connectivity index (χ2n) is 9.85. The van der Waals surface area contributed by atoms with Crippen molar-refractivity contribution in [1.82, 2.24) is 20.3 Å². The number of hydrogen-bond acceptors (Lipinski definition) is 10. The molecule has 2 aromatic heterocycles. The zero-order valence-electron chi connectivity index (χ0n) is 21.9. The molecule has 13 heteroatoms. The van der Waals surface area contributed by atoms with Crippen molar-refractivity contribution < 1.29 is 23.7 Å². The van der Waals surface area contributed by atoms with E-state index in [4.69, 9.17) is 52.1 Å². The van der Waals surface area contributed by atoms with Crippen molar-refractivity contribution in [3.8, 4) is 22.8 Å². The summed E-state index contributed by atoms with van der Waals surface area (Å²) in [5.74, 6) is 1.65. The summed E-state index contributed by atoms with van der Waals surface area (Å²) < 4.78 is 22.4. The van der Waals surface area contributed by atoms with Crippen LogP contribution in [0.25, 0.3) is 22.2 Å². The second kappa shape index (κ2) is 10.9. The number of hydrogen-bond donors (Lipinski definition) is 2. The minimum absolute atomic E-state index is 0.138. The molecule has 0 spiro atoms. The van der Waals surface area contributed by atoms with Gasteiger partial charge in [-0.2, -0.15) is 0 Å². The molecule has 3 fully saturated rings. The average molecular weight is 587 g/mol. The first kappa shape index (κ1) is 26.8. The molecule has 3 aliphatic heterocycles. The quantitative estimate of drug-likeness (QED) is 0.379. The van der Waals surface area contributed by atoms with Gasteiger partial charge in [0.05, 0.1) is 74.0 Å². The summed E-state index contributed by atoms with van der Waals surface area (Å²) in [4.78, 5) is 28.6. The highest BCUT2D eigenvalue weighted by atomic mass is 35.5. The fourth-order valence-electron chi connectivity index (χ4n) is 5.44. The van der Waals surface area contributed by atoms with Crippen LogP contribution in [0, 0.1) is 0 Å². The molecule has 0 radical (unpaired) electrons. The van der Waals surface area contributed by atoms with Gasteiger partial charge in [-0.1, -0.05) is 29.8 Å². The third-order valence-electron chi connectivity index (χ3n) is 7.46. The van der Waals surface area contributed by atoms with Crippen LogP contribution in [-0.2, 0) is 14.3 Å². The van der Waals surface area contributed by atoms with Crippen molar-refractivity contribution in [2.75, 3.05) is 50.8 Å². The summed E-state index contributed by atoms with van der Waals surface area (Å²) in [6, 6.07) is 3.21. The topological polar surface area (TPSA) is 120 Å². The zero-order chi connectivity index (χ0) is 28.0. The molecule has 6 rings (SSSR count). The molecule has 5 heterocycles. The minimum Gasteiger partial charge on any atom is -0.495 e. The number of amides is 1. The van der Waals surface area contributed by atoms with Crippen LogP contribution in [-0.4, -0.2) is 85.7 Å². The maximum absolute atomic E-state index is 11.9. The molecule has 3 aliphatic rings. The van der Waals surface area contributed by atoms with E-state index in [2.05, 4.69) is 27.1 Å². The number of nitrogens with one attached hydrogen (secondary N) is 2. The van der Waals surface area contributed by atoms with Gasteiger partial charge in [0.25, 0.3) is 0 Å². The normalized spacial score (nSPS) is 23.4. The van der Waals surface area contributed by atoms with E-state index in [0.717, 1.165) is 11.8 Å². The highest BCUT2D eigenvalue weighted by molar-refractivity contribution is 6.41. The summed E-state index contributed by atoms with van der Waals surface area (Å²) >= 11 is 13.5. The number of halogens is 2. The number of pyridine rings is 1. The van der Waals surface area contributed by atoms with E-state index in [-0.39, 0.29) is 30.1 Å². The lowest BCUT2D eigenvalue weighted by molar-refractivity contribution is -0.117. The maximum Gasteiger partial charge on any atom is 0.243 e. The molecule has 0 saturated carbocycles. The third-order valence-corrected chi connectivity index (χ3v) is 8.21. The van der Waals surface area contributed by atoms with E-state index in [9.17, 15) is 4.79 Å². The molecular weight excluding hydrogens is 559 g/mol. The Labute approximate surface area is 240 Å². The number of carbonyl (C=O) groups is 1. The van der Waals surface area contributed by atoms with Crippen molar-refractivity contribution in [2.45, 2.75) is 30.7 Å². The number of aromatic nitrogens is 3. The molecule has 11 nitrogen and oxygen atoms in total. The molecule has 1 amide bonds. The van der Waals surface area contributed by atoms with Gasteiger partial charge in [-0.05, 0) is 18.6 Å². The molecule has 40 heavy (non-hydrogen) atoms. The molecule has 2 unspecified atom stereocenters. The van der Waals surface area contributed by atoms with Crippen LogP contribution < -0.4 is 25.0 Å². The Bertz CT molecular complexity index is 1460. The molecule has 0 aliphatic carbocycles. The van der Waals surface area contributed by atoms with E-state index in [0.29, 0.717) is 76.4 Å². The van der Waals surface area contributed by atoms with Crippen LogP contribution in [0.5, 0.6) is 11.5 Å². The van der Waals surface area contributed by atoms with Crippen LogP contribution in [0.2, 0.25) is 10.0 Å². The summed E-state index contributed by atoms with van der Waals surface area (Å²) in [5.41, 5.74) is 1.70. The van der Waals surface area contributed by atoms with Gasteiger partial charge in [0.2, 0.25) is 11.9 Å². The molecule has 3 aromatic rings. The van der Waals surface area contributed by atoms with Crippen molar-refractivity contribution in [3.63, 3.8) is 0 Å². The largest absolute Gasteiger partial charge is 0.495 e. The smallest absolute Gasteiger partial charge is 0.243 e. The third kappa shape index (κ3) is 4.77. The minimum atomic E-state index is -0.265. The lowest BCUT2D eigenvalue weighted by atomic mass is 10.1. The fourth-order valence-corrected chi connectivity index (χ4v) is 6.13. The molecule has 3 saturated heterocycles. The Morgan fingerprint density at radius 2 is 1.88 bits per heavy atom. The first-order valence-electron chi connectivity index (χ1n) is 12.8. The Balaban J connectivity index is 1.44. The number of fused-ring (bicyclic) bond motifs is 3. The van der Waals surface area contributed by atoms with Crippen molar-refractivity contribution >= 4 is 51.8 Å². The van der Waals surface area contributed by atoms with Gasteiger partial charge in [0, 0.05) is 29.8 Å². The molecule has 2 N–H and O–H groups in total. The molecule has 4 atom stereocenters. The van der Waals surface area contributed by atoms with E-state index in [1.165, 1.54) is 20.3 Å². The molecule has 210 valence electrons. The fraction of sp³-hybridized carbons (Fsp3) is 0.407. The molecule has 2 bridgehead atoms. The van der Waals surface area contributed by atoms with Crippen molar-refractivity contribution in [3.05, 3.63) is 41.0 Å². The van der Waals surface area contributed by atoms with Crippen molar-refractivity contribution in [2.24, 2.45) is 0 Å². The second-order valence-corrected chi connectivity index (χ2v) is 10.6. The monoisotopic (exact) mass is 586 g/mol. The van der Waals surface area contributed by atoms with Gasteiger partial charge >= 0.3 is 0 Å². The van der Waals surface area contributed by atoms with E-state index in [1.807, 2.05) is 6.07 Å². The Kier molecular flexibility index (Phi) is 7.30. The summed E-state index contributed by atoms with van der Waals surface area (Å²) in [5, 5.41) is 7.60. The summed E-state index contributed by atoms with van der Waals surface area (Å²) in [6.07, 6.45) is 4.03. The van der Waals surface area contributed by atoms with Gasteiger partial charge in [-0.15, -0.1) is 0 Å². The lowest BCUT2D eigenvalue weighted by Gasteiger charge is -2.29. The highest BCUT2D eigenvalue weighted by Gasteiger charge is 2.41. The van der Waals surface area contributed by atoms with Gasteiger partial charge in [-0.25, -0.2) is 15.0 Å². The van der Waals surface area contributed by atoms with Gasteiger partial charge in [0.1, 0.15) is 17.0 Å². The van der Waals surface area contributed by atoms with Crippen LogP contribution in [0.4, 0.5) is 11.8 Å². The van der Waals surface area contributed by atoms with E-state index < -0.39 is 0 Å². The van der Waals surface area contributed by atoms with Crippen molar-refractivity contribution in [1.29, 1.82) is 0 Å². The Morgan fingerprint density at radius 3 is 2.52 bits per heavy atom. The van der Waals surface area contributed by atoms with Crippen LogP contribution in [0.1, 0.15) is 6.42 Å². The highest BCUT2D eigenvalue weighted by Crippen LogP contribution is 2.47. The maximum atomic E-state index is 11.9. The van der Waals surface area contributed by atoms with E-state index >= 15 is 0 Å². The Hall–Kier alpha value is -3.38. The van der Waals surface area contributed by atoms with Crippen LogP contribution >= 0.6 is 23.2 Å². The number of morpholine rings is 1. The number of anilines is 2. The molecular formula is C27H28Cl2N6O5. The lowest BCUT2D eigenvalue weighted by Crippen LogP contribution is -2.45. The van der Waals surface area contributed by atoms with Gasteiger partial charge in [-0.3, -0.25) is 4.79 Å². The van der Waals surface area contributed by atoms with Gasteiger partial charge in [0.15, 0.2) is 5.82 Å². The average Bonchev–Trinajstić information content (AvgIpc) is 3.71. The SMILES string of the molecule is C=CC(=O)N[C@H]1COC[C@H]1Nc1ncc2cc(-c3c(Cl)c(OC)cc(OC)c3Cl)nc(N3CC4CC3CO4)c2n1. The predicted octanol–water partition coefficient (Wildman–Crippen LogP) is 3.47. The van der Waals surface area contributed by atoms with Crippen LogP contribution in [0.3, 0.4) is 0 Å². The predicted molar refractivity (Wildman–Crippen MR) is 152 cm³/mol. The zero-order valence-corrected chi connectivity index (χ0v) is 23.5. The number of ether oxygens (including phenoxy) is 4. The number of nitrogens with zero attached hydrogens (tertiary/aromatic N) is 4. The standard InChI is InChI=1S/C27H28Cl2N6O5/c1-4-21(36)31-17-11-39-12-18(17)33-27-30-8-13-5-16(22-23(28)19(37-2)7-20(38-3)24(22)29)32-26(25(13)34-27)35-9-15-6-14(35)10-40-15/h4-5,7-8,14-15,17-18H,1,6,9-12H2,2-3H3,(H,31,36)(H,30,33,34)/t14?,15?,17-,18+/m0/s1. The number of benzene rings is 1. The van der Waals surface area contributed by atoms with Gasteiger partial charge < -0.3 is 34.5 Å². The summed E-state index contributed by atoms with van der Waals surface area (Å²) in [6.45, 7) is 5.61. The molecule has 1 aromatic carbocycles. The number of methoxy groups -OCH3 is 2. The number of carbonyl (C=O) groups excluding carboxylic acids is 1. The van der Waals surface area contributed by atoms with Crippen LogP contribution in [0.15, 0.2) is 31.0 Å². The Morgan fingerprint density at radius 1 is 1.12 bits per heavy atom. The first-order valence-corrected chi connectivity index (χ1v) is 13.6. The summed E-state index contributed by atoms with van der Waals surface area (Å²) in [7, 11) is 3.06. The first-order chi connectivity index (χ1) is 19.4. The number of rotatable bonds is 8. The van der Waals surface area contributed by atoms with E-state index in [1.54, 1.807) is 12.3 Å².